The topological polar surface area (TPSA) is 37.8 Å². The van der Waals surface area contributed by atoms with Crippen LogP contribution in [0.15, 0.2) is 42.7 Å². The number of halogens is 1. The van der Waals surface area contributed by atoms with E-state index < -0.39 is 0 Å². The second-order valence-corrected chi connectivity index (χ2v) is 3.10. The Morgan fingerprint density at radius 1 is 1.14 bits per heavy atom. The van der Waals surface area contributed by atoms with Gasteiger partial charge in [0.15, 0.2) is 0 Å². The van der Waals surface area contributed by atoms with Gasteiger partial charge in [-0.2, -0.15) is 0 Å². The minimum atomic E-state index is 0.471. The van der Waals surface area contributed by atoms with Crippen LogP contribution in [0, 0.1) is 0 Å². The van der Waals surface area contributed by atoms with Crippen molar-refractivity contribution >= 4 is 23.1 Å². The van der Waals surface area contributed by atoms with Crippen LogP contribution in [0.5, 0.6) is 0 Å². The predicted molar refractivity (Wildman–Crippen MR) is 56.8 cm³/mol. The molecule has 0 fully saturated rings. The molecule has 0 spiro atoms. The maximum absolute atomic E-state index is 5.74. The molecular formula is C10H8ClN3. The maximum atomic E-state index is 5.74. The number of anilines is 2. The molecule has 2 rings (SSSR count). The van der Waals surface area contributed by atoms with Crippen LogP contribution in [0.1, 0.15) is 0 Å². The number of pyridine rings is 2. The lowest BCUT2D eigenvalue weighted by Crippen LogP contribution is -1.93. The fourth-order valence-corrected chi connectivity index (χ4v) is 1.23. The summed E-state index contributed by atoms with van der Waals surface area (Å²) in [7, 11) is 0. The Kier molecular flexibility index (Phi) is 2.60. The van der Waals surface area contributed by atoms with Crippen LogP contribution in [-0.2, 0) is 0 Å². The average Bonchev–Trinajstić information content (AvgIpc) is 2.19. The molecule has 0 atom stereocenters. The quantitative estimate of drug-likeness (QED) is 0.767. The van der Waals surface area contributed by atoms with Crippen molar-refractivity contribution in [2.45, 2.75) is 0 Å². The first kappa shape index (κ1) is 8.97. The van der Waals surface area contributed by atoms with Crippen LogP contribution in [0.2, 0.25) is 5.15 Å². The Labute approximate surface area is 86.8 Å². The monoisotopic (exact) mass is 205 g/mol. The van der Waals surface area contributed by atoms with E-state index in [0.29, 0.717) is 11.0 Å². The van der Waals surface area contributed by atoms with Gasteiger partial charge in [0.25, 0.3) is 0 Å². The first-order chi connectivity index (χ1) is 6.84. The van der Waals surface area contributed by atoms with E-state index in [2.05, 4.69) is 15.3 Å². The second-order valence-electron chi connectivity index (χ2n) is 2.71. The Morgan fingerprint density at radius 2 is 2.07 bits per heavy atom. The minimum Gasteiger partial charge on any atom is -0.339 e. The summed E-state index contributed by atoms with van der Waals surface area (Å²) in [4.78, 5) is 8.08. The minimum absolute atomic E-state index is 0.471. The molecule has 1 N–H and O–H groups in total. The van der Waals surface area contributed by atoms with Crippen molar-refractivity contribution in [3.05, 3.63) is 47.9 Å². The molecule has 0 aromatic carbocycles. The van der Waals surface area contributed by atoms with E-state index in [1.54, 1.807) is 18.5 Å². The molecule has 0 unspecified atom stereocenters. The highest BCUT2D eigenvalue weighted by Crippen LogP contribution is 2.14. The van der Waals surface area contributed by atoms with E-state index in [-0.39, 0.29) is 0 Å². The standard InChI is InChI=1S/C10H8ClN3/c11-9-4-1-5-10(14-9)13-8-3-2-6-12-7-8/h1-7H,(H,13,14). The zero-order chi connectivity index (χ0) is 9.80. The van der Waals surface area contributed by atoms with E-state index in [0.717, 1.165) is 5.69 Å². The summed E-state index contributed by atoms with van der Waals surface area (Å²) in [6.45, 7) is 0. The van der Waals surface area contributed by atoms with Crippen LogP contribution in [-0.4, -0.2) is 9.97 Å². The van der Waals surface area contributed by atoms with Crippen LogP contribution in [0.4, 0.5) is 11.5 Å². The van der Waals surface area contributed by atoms with E-state index in [1.807, 2.05) is 24.3 Å². The summed E-state index contributed by atoms with van der Waals surface area (Å²) < 4.78 is 0. The normalized spacial score (nSPS) is 9.79. The molecular weight excluding hydrogens is 198 g/mol. The summed E-state index contributed by atoms with van der Waals surface area (Å²) in [6, 6.07) is 9.19. The van der Waals surface area contributed by atoms with Gasteiger partial charge in [-0.05, 0) is 24.3 Å². The summed E-state index contributed by atoms with van der Waals surface area (Å²) in [6.07, 6.45) is 3.44. The molecule has 4 heteroatoms. The van der Waals surface area contributed by atoms with Gasteiger partial charge in [-0.15, -0.1) is 0 Å². The van der Waals surface area contributed by atoms with Crippen molar-refractivity contribution in [3.63, 3.8) is 0 Å². The molecule has 0 saturated carbocycles. The van der Waals surface area contributed by atoms with Crippen LogP contribution >= 0.6 is 11.6 Å². The van der Waals surface area contributed by atoms with Crippen molar-refractivity contribution in [2.24, 2.45) is 0 Å². The Balaban J connectivity index is 2.19. The molecule has 0 aliphatic rings. The number of aromatic nitrogens is 2. The predicted octanol–water partition coefficient (Wildman–Crippen LogP) is 2.87. The Hall–Kier alpha value is -1.61. The van der Waals surface area contributed by atoms with Crippen molar-refractivity contribution < 1.29 is 0 Å². The molecule has 0 saturated heterocycles. The highest BCUT2D eigenvalue weighted by molar-refractivity contribution is 6.29. The molecule has 0 aliphatic heterocycles. The summed E-state index contributed by atoms with van der Waals surface area (Å²) >= 11 is 5.74. The third kappa shape index (κ3) is 2.20. The number of nitrogens with one attached hydrogen (secondary N) is 1. The smallest absolute Gasteiger partial charge is 0.132 e. The van der Waals surface area contributed by atoms with Gasteiger partial charge in [-0.3, -0.25) is 4.98 Å². The summed E-state index contributed by atoms with van der Waals surface area (Å²) in [5.74, 6) is 0.713. The highest BCUT2D eigenvalue weighted by Gasteiger charge is 1.95. The zero-order valence-corrected chi connectivity index (χ0v) is 8.07. The lowest BCUT2D eigenvalue weighted by molar-refractivity contribution is 1.28. The van der Waals surface area contributed by atoms with Crippen LogP contribution in [0.25, 0.3) is 0 Å². The van der Waals surface area contributed by atoms with Gasteiger partial charge in [-0.25, -0.2) is 4.98 Å². The first-order valence-corrected chi connectivity index (χ1v) is 4.52. The van der Waals surface area contributed by atoms with Crippen LogP contribution < -0.4 is 5.32 Å². The largest absolute Gasteiger partial charge is 0.339 e. The van der Waals surface area contributed by atoms with E-state index >= 15 is 0 Å². The third-order valence-corrected chi connectivity index (χ3v) is 1.86. The van der Waals surface area contributed by atoms with Gasteiger partial charge in [-0.1, -0.05) is 17.7 Å². The number of hydrogen-bond donors (Lipinski definition) is 1. The van der Waals surface area contributed by atoms with Gasteiger partial charge in [0.05, 0.1) is 11.9 Å². The van der Waals surface area contributed by atoms with Crippen molar-refractivity contribution in [3.8, 4) is 0 Å². The number of rotatable bonds is 2. The lowest BCUT2D eigenvalue weighted by Gasteiger charge is -2.03. The first-order valence-electron chi connectivity index (χ1n) is 4.14. The molecule has 0 bridgehead atoms. The van der Waals surface area contributed by atoms with E-state index in [4.69, 9.17) is 11.6 Å². The average molecular weight is 206 g/mol. The number of hydrogen-bond acceptors (Lipinski definition) is 3. The van der Waals surface area contributed by atoms with E-state index in [9.17, 15) is 0 Å². The lowest BCUT2D eigenvalue weighted by atomic mass is 10.4. The highest BCUT2D eigenvalue weighted by atomic mass is 35.5. The van der Waals surface area contributed by atoms with Crippen LogP contribution in [0.3, 0.4) is 0 Å². The summed E-state index contributed by atoms with van der Waals surface area (Å²) in [5, 5.41) is 3.56. The molecule has 0 radical (unpaired) electrons. The number of nitrogens with zero attached hydrogens (tertiary/aromatic N) is 2. The SMILES string of the molecule is Clc1cccc(Nc2cccnc2)n1. The van der Waals surface area contributed by atoms with Gasteiger partial charge < -0.3 is 5.32 Å². The Bertz CT molecular complexity index is 417. The molecule has 2 aromatic rings. The molecule has 14 heavy (non-hydrogen) atoms. The maximum Gasteiger partial charge on any atom is 0.132 e. The third-order valence-electron chi connectivity index (χ3n) is 1.65. The molecule has 0 aliphatic carbocycles. The van der Waals surface area contributed by atoms with Gasteiger partial charge in [0, 0.05) is 6.20 Å². The zero-order valence-electron chi connectivity index (χ0n) is 7.31. The van der Waals surface area contributed by atoms with Gasteiger partial charge >= 0.3 is 0 Å². The van der Waals surface area contributed by atoms with Crippen molar-refractivity contribution in [2.75, 3.05) is 5.32 Å². The van der Waals surface area contributed by atoms with Crippen molar-refractivity contribution in [1.29, 1.82) is 0 Å². The second kappa shape index (κ2) is 4.07. The fourth-order valence-electron chi connectivity index (χ4n) is 1.06. The summed E-state index contributed by atoms with van der Waals surface area (Å²) in [5.41, 5.74) is 0.891. The molecule has 2 aromatic heterocycles. The molecule has 70 valence electrons. The Morgan fingerprint density at radius 3 is 2.79 bits per heavy atom. The molecule has 0 amide bonds. The van der Waals surface area contributed by atoms with Crippen molar-refractivity contribution in [1.82, 2.24) is 9.97 Å². The fraction of sp³-hybridized carbons (Fsp3) is 0. The molecule has 2 heterocycles. The van der Waals surface area contributed by atoms with Gasteiger partial charge in [0.2, 0.25) is 0 Å². The van der Waals surface area contributed by atoms with E-state index in [1.165, 1.54) is 0 Å². The van der Waals surface area contributed by atoms with Gasteiger partial charge in [0.1, 0.15) is 11.0 Å². The molecule has 3 nitrogen and oxygen atoms in total.